The highest BCUT2D eigenvalue weighted by atomic mass is 79.9. The van der Waals surface area contributed by atoms with Crippen molar-refractivity contribution in [1.29, 1.82) is 0 Å². The molecule has 17 heavy (non-hydrogen) atoms. The number of fused-ring (bicyclic) bond motifs is 1. The smallest absolute Gasteiger partial charge is 0.126 e. The summed E-state index contributed by atoms with van der Waals surface area (Å²) in [4.78, 5) is 0. The van der Waals surface area contributed by atoms with Crippen LogP contribution in [0, 0.1) is 5.41 Å². The predicted molar refractivity (Wildman–Crippen MR) is 70.1 cm³/mol. The molecule has 0 bridgehead atoms. The average Bonchev–Trinajstić information content (AvgIpc) is 3.00. The van der Waals surface area contributed by atoms with Crippen molar-refractivity contribution in [3.05, 3.63) is 28.2 Å². The second kappa shape index (κ2) is 3.48. The Morgan fingerprint density at radius 2 is 2.06 bits per heavy atom. The van der Waals surface area contributed by atoms with Gasteiger partial charge in [-0.1, -0.05) is 22.9 Å². The number of rotatable bonds is 1. The zero-order valence-corrected chi connectivity index (χ0v) is 11.8. The Balaban J connectivity index is 2.01. The third kappa shape index (κ3) is 1.71. The van der Waals surface area contributed by atoms with Crippen molar-refractivity contribution in [2.24, 2.45) is 5.41 Å². The molecule has 1 aromatic carbocycles. The van der Waals surface area contributed by atoms with E-state index in [0.29, 0.717) is 6.42 Å². The first-order valence-corrected chi connectivity index (χ1v) is 6.89. The molecule has 3 rings (SSSR count). The summed E-state index contributed by atoms with van der Waals surface area (Å²) in [6, 6.07) is 5.87. The molecule has 2 aliphatic rings. The molecule has 0 saturated heterocycles. The second-order valence-electron chi connectivity index (χ2n) is 5.80. The highest BCUT2D eigenvalue weighted by Gasteiger charge is 2.57. The van der Waals surface area contributed by atoms with Crippen LogP contribution in [0.25, 0.3) is 0 Å². The van der Waals surface area contributed by atoms with Crippen molar-refractivity contribution in [3.8, 4) is 5.75 Å². The van der Waals surface area contributed by atoms with Crippen LogP contribution in [0.5, 0.6) is 5.75 Å². The van der Waals surface area contributed by atoms with Crippen LogP contribution in [0.4, 0.5) is 0 Å². The van der Waals surface area contributed by atoms with Gasteiger partial charge in [0.25, 0.3) is 0 Å². The van der Waals surface area contributed by atoms with Gasteiger partial charge in [-0.05, 0) is 38.0 Å². The summed E-state index contributed by atoms with van der Waals surface area (Å²) >= 11 is 3.43. The highest BCUT2D eigenvalue weighted by molar-refractivity contribution is 9.10. The lowest BCUT2D eigenvalue weighted by atomic mass is 9.79. The van der Waals surface area contributed by atoms with E-state index in [2.05, 4.69) is 29.8 Å². The summed E-state index contributed by atoms with van der Waals surface area (Å²) in [6.07, 6.45) is 2.66. The van der Waals surface area contributed by atoms with E-state index in [0.717, 1.165) is 15.8 Å². The number of aliphatic hydroxyl groups excluding tert-OH is 1. The normalized spacial score (nSPS) is 33.8. The van der Waals surface area contributed by atoms with Crippen LogP contribution in [0.3, 0.4) is 0 Å². The lowest BCUT2D eigenvalue weighted by Crippen LogP contribution is -2.45. The average molecular weight is 297 g/mol. The monoisotopic (exact) mass is 296 g/mol. The molecular formula is C14H17BrO2. The maximum atomic E-state index is 10.3. The lowest BCUT2D eigenvalue weighted by molar-refractivity contribution is -0.0472. The number of aliphatic hydroxyl groups is 1. The van der Waals surface area contributed by atoms with Crippen molar-refractivity contribution in [2.45, 2.75) is 44.8 Å². The molecule has 1 N–H and O–H groups in total. The Morgan fingerprint density at radius 1 is 1.35 bits per heavy atom. The third-order valence-electron chi connectivity index (χ3n) is 4.53. The molecule has 1 aliphatic heterocycles. The molecule has 2 atom stereocenters. The molecule has 2 nitrogen and oxygen atoms in total. The van der Waals surface area contributed by atoms with Crippen molar-refractivity contribution in [1.82, 2.24) is 0 Å². The molecule has 92 valence electrons. The Labute approximate surface area is 110 Å². The standard InChI is InChI=1S/C14H17BrO2/c1-13(5-6-13)14(2)8-11(16)10-7-9(15)3-4-12(10)17-14/h3-4,7,11,16H,5-6,8H2,1-2H3/t11-,14?/m0/s1. The van der Waals surface area contributed by atoms with Gasteiger partial charge in [0.15, 0.2) is 0 Å². The van der Waals surface area contributed by atoms with E-state index in [4.69, 9.17) is 4.74 Å². The molecule has 1 heterocycles. The Hall–Kier alpha value is -0.540. The van der Waals surface area contributed by atoms with E-state index in [1.54, 1.807) is 0 Å². The number of benzene rings is 1. The van der Waals surface area contributed by atoms with Gasteiger partial charge < -0.3 is 9.84 Å². The van der Waals surface area contributed by atoms with Crippen molar-refractivity contribution in [3.63, 3.8) is 0 Å². The summed E-state index contributed by atoms with van der Waals surface area (Å²) in [7, 11) is 0. The van der Waals surface area contributed by atoms with Gasteiger partial charge in [0.05, 0.1) is 6.10 Å². The quantitative estimate of drug-likeness (QED) is 0.853. The molecule has 0 radical (unpaired) electrons. The number of ether oxygens (including phenoxy) is 1. The van der Waals surface area contributed by atoms with E-state index in [-0.39, 0.29) is 11.0 Å². The summed E-state index contributed by atoms with van der Waals surface area (Å²) in [5.41, 5.74) is 0.910. The van der Waals surface area contributed by atoms with Gasteiger partial charge in [0.1, 0.15) is 11.4 Å². The van der Waals surface area contributed by atoms with E-state index in [9.17, 15) is 5.11 Å². The van der Waals surface area contributed by atoms with Gasteiger partial charge in [-0.15, -0.1) is 0 Å². The van der Waals surface area contributed by atoms with Gasteiger partial charge in [-0.3, -0.25) is 0 Å². The summed E-state index contributed by atoms with van der Waals surface area (Å²) < 4.78 is 7.18. The Morgan fingerprint density at radius 3 is 2.71 bits per heavy atom. The van der Waals surface area contributed by atoms with Gasteiger partial charge in [0, 0.05) is 21.9 Å². The largest absolute Gasteiger partial charge is 0.487 e. The fourth-order valence-electron chi connectivity index (χ4n) is 2.72. The zero-order valence-electron chi connectivity index (χ0n) is 10.2. The van der Waals surface area contributed by atoms with Crippen LogP contribution in [0.1, 0.15) is 44.8 Å². The van der Waals surface area contributed by atoms with Crippen LogP contribution in [-0.2, 0) is 0 Å². The Bertz CT molecular complexity index is 467. The first-order valence-electron chi connectivity index (χ1n) is 6.10. The van der Waals surface area contributed by atoms with Gasteiger partial charge in [-0.2, -0.15) is 0 Å². The van der Waals surface area contributed by atoms with Crippen LogP contribution in [0.2, 0.25) is 0 Å². The minimum Gasteiger partial charge on any atom is -0.487 e. The highest BCUT2D eigenvalue weighted by Crippen LogP contribution is 2.59. The summed E-state index contributed by atoms with van der Waals surface area (Å²) in [5.74, 6) is 0.836. The third-order valence-corrected chi connectivity index (χ3v) is 5.02. The Kier molecular flexibility index (Phi) is 2.37. The van der Waals surface area contributed by atoms with Crippen molar-refractivity contribution >= 4 is 15.9 Å². The van der Waals surface area contributed by atoms with E-state index < -0.39 is 6.10 Å². The maximum absolute atomic E-state index is 10.3. The zero-order chi connectivity index (χ0) is 12.3. The first-order chi connectivity index (χ1) is 7.94. The molecule has 3 heteroatoms. The summed E-state index contributed by atoms with van der Waals surface area (Å²) in [6.45, 7) is 4.39. The number of halogens is 1. The van der Waals surface area contributed by atoms with Gasteiger partial charge in [-0.25, -0.2) is 0 Å². The van der Waals surface area contributed by atoms with Crippen LogP contribution in [0.15, 0.2) is 22.7 Å². The van der Waals surface area contributed by atoms with E-state index in [1.165, 1.54) is 12.8 Å². The first kappa shape index (κ1) is 11.5. The van der Waals surface area contributed by atoms with E-state index >= 15 is 0 Å². The molecule has 0 spiro atoms. The topological polar surface area (TPSA) is 29.5 Å². The molecule has 1 aliphatic carbocycles. The van der Waals surface area contributed by atoms with E-state index in [1.807, 2.05) is 18.2 Å². The van der Waals surface area contributed by atoms with Crippen LogP contribution < -0.4 is 4.74 Å². The molecular weight excluding hydrogens is 280 g/mol. The molecule has 1 saturated carbocycles. The minimum absolute atomic E-state index is 0.229. The molecule has 1 unspecified atom stereocenters. The fourth-order valence-corrected chi connectivity index (χ4v) is 3.10. The summed E-state index contributed by atoms with van der Waals surface area (Å²) in [5, 5.41) is 10.3. The maximum Gasteiger partial charge on any atom is 0.126 e. The molecule has 1 aromatic rings. The van der Waals surface area contributed by atoms with Crippen molar-refractivity contribution < 1.29 is 9.84 Å². The fraction of sp³-hybridized carbons (Fsp3) is 0.571. The lowest BCUT2D eigenvalue weighted by Gasteiger charge is -2.42. The number of hydrogen-bond acceptors (Lipinski definition) is 2. The van der Waals surface area contributed by atoms with Crippen LogP contribution >= 0.6 is 15.9 Å². The molecule has 1 fully saturated rings. The van der Waals surface area contributed by atoms with Gasteiger partial charge >= 0.3 is 0 Å². The number of hydrogen-bond donors (Lipinski definition) is 1. The SMILES string of the molecule is CC1(C2(C)C[C@H](O)c3cc(Br)ccc3O2)CC1. The predicted octanol–water partition coefficient (Wildman–Crippen LogP) is 3.82. The minimum atomic E-state index is -0.418. The van der Waals surface area contributed by atoms with Crippen molar-refractivity contribution in [2.75, 3.05) is 0 Å². The van der Waals surface area contributed by atoms with Crippen LogP contribution in [-0.4, -0.2) is 10.7 Å². The second-order valence-corrected chi connectivity index (χ2v) is 6.71. The molecule has 0 amide bonds. The molecule has 0 aromatic heterocycles. The van der Waals surface area contributed by atoms with Gasteiger partial charge in [0.2, 0.25) is 0 Å².